The second-order valence-electron chi connectivity index (χ2n) is 16.6. The average Bonchev–Trinajstić information content (AvgIpc) is 3.10. The summed E-state index contributed by atoms with van der Waals surface area (Å²) in [6, 6.07) is 18.3. The smallest absolute Gasteiger partial charge is 0.407 e. The van der Waals surface area contributed by atoms with Crippen LogP contribution in [0, 0.1) is 16.7 Å². The van der Waals surface area contributed by atoms with Crippen LogP contribution in [0.2, 0.25) is 18.1 Å². The van der Waals surface area contributed by atoms with Gasteiger partial charge in [-0.15, -0.1) is 0 Å². The number of pyridine rings is 1. The third-order valence-electron chi connectivity index (χ3n) is 10.5. The van der Waals surface area contributed by atoms with Gasteiger partial charge in [0.15, 0.2) is 14.1 Å². The van der Waals surface area contributed by atoms with Crippen LogP contribution in [-0.2, 0) is 31.2 Å². The lowest BCUT2D eigenvalue weighted by atomic mass is 9.73. The van der Waals surface area contributed by atoms with Crippen molar-refractivity contribution in [1.29, 1.82) is 5.26 Å². The second-order valence-corrected chi connectivity index (χ2v) is 23.0. The average molecular weight is 777 g/mol. The highest BCUT2D eigenvalue weighted by Gasteiger charge is 2.52. The Balaban J connectivity index is 1.44. The number of aromatic nitrogens is 1. The lowest BCUT2D eigenvalue weighted by Gasteiger charge is -2.51. The predicted octanol–water partition coefficient (Wildman–Crippen LogP) is 8.28. The maximum Gasteiger partial charge on any atom is 0.407 e. The SMILES string of the molecule is CC(C)(C)[C@@](COC(=O)NCCc1ccc(-c2ccc(C(=O)NS(=O)(=O)CC#N)c(OC3CCCCC3)c2)cc1)(O[Si](C)(C)C(C)(C)C)c1cccnc1. The standard InChI is InChI=1S/C41H56N4O7SSi/c1-39(2,3)41(33-13-12-24-43-28-33,52-54(7,8)40(4,5)6)29-50-38(47)44-25-22-30-16-18-31(19-17-30)32-20-21-35(37(46)45-53(48,49)26-23-42)36(27-32)51-34-14-10-9-11-15-34/h12-13,16-21,24,27-28,34H,9-11,14-15,22,25-26,29H2,1-8H3,(H,44,47)(H,45,46)/t41-/m0/s1. The van der Waals surface area contributed by atoms with E-state index in [-0.39, 0.29) is 23.3 Å². The zero-order valence-electron chi connectivity index (χ0n) is 33.0. The van der Waals surface area contributed by atoms with Crippen molar-refractivity contribution in [3.63, 3.8) is 0 Å². The summed E-state index contributed by atoms with van der Waals surface area (Å²) >= 11 is 0. The molecule has 292 valence electrons. The molecule has 13 heteroatoms. The van der Waals surface area contributed by atoms with Crippen molar-refractivity contribution in [2.24, 2.45) is 5.41 Å². The number of ether oxygens (including phenoxy) is 2. The number of nitrogens with zero attached hydrogens (tertiary/aromatic N) is 2. The molecule has 1 aliphatic rings. The van der Waals surface area contributed by atoms with Crippen molar-refractivity contribution in [2.45, 2.75) is 110 Å². The number of hydrogen-bond donors (Lipinski definition) is 2. The Labute approximate surface area is 322 Å². The Kier molecular flexibility index (Phi) is 13.7. The molecule has 0 aliphatic heterocycles. The van der Waals surface area contributed by atoms with Gasteiger partial charge in [-0.2, -0.15) is 5.26 Å². The van der Waals surface area contributed by atoms with Gasteiger partial charge < -0.3 is 19.2 Å². The van der Waals surface area contributed by atoms with Crippen LogP contribution in [0.5, 0.6) is 5.75 Å². The molecule has 0 unspecified atom stereocenters. The fourth-order valence-electron chi connectivity index (χ4n) is 6.22. The molecule has 0 radical (unpaired) electrons. The minimum atomic E-state index is -4.11. The van der Waals surface area contributed by atoms with Crippen LogP contribution in [-0.4, -0.2) is 58.7 Å². The number of carbonyl (C=O) groups excluding carboxylic acids is 2. The molecule has 0 spiro atoms. The first kappa shape index (κ1) is 42.5. The second kappa shape index (κ2) is 17.5. The molecule has 0 bridgehead atoms. The largest absolute Gasteiger partial charge is 0.490 e. The highest BCUT2D eigenvalue weighted by molar-refractivity contribution is 7.90. The molecule has 0 saturated heterocycles. The summed E-state index contributed by atoms with van der Waals surface area (Å²) < 4.78 is 45.6. The first-order chi connectivity index (χ1) is 25.3. The monoisotopic (exact) mass is 776 g/mol. The van der Waals surface area contributed by atoms with Gasteiger partial charge >= 0.3 is 6.09 Å². The van der Waals surface area contributed by atoms with Crippen molar-refractivity contribution in [2.75, 3.05) is 18.9 Å². The fraction of sp³-hybridized carbons (Fsp3) is 0.512. The Morgan fingerprint density at radius 1 is 0.963 bits per heavy atom. The molecule has 54 heavy (non-hydrogen) atoms. The van der Waals surface area contributed by atoms with Crippen molar-refractivity contribution >= 4 is 30.3 Å². The third-order valence-corrected chi connectivity index (χ3v) is 16.0. The van der Waals surface area contributed by atoms with E-state index in [4.69, 9.17) is 19.2 Å². The summed E-state index contributed by atoms with van der Waals surface area (Å²) in [5.41, 5.74) is 2.27. The molecule has 2 amide bonds. The summed E-state index contributed by atoms with van der Waals surface area (Å²) in [6.07, 6.45) is 8.33. The van der Waals surface area contributed by atoms with Crippen LogP contribution >= 0.6 is 0 Å². The number of nitriles is 1. The van der Waals surface area contributed by atoms with Crippen LogP contribution in [0.25, 0.3) is 11.1 Å². The van der Waals surface area contributed by atoms with Gasteiger partial charge in [0.1, 0.15) is 18.0 Å². The van der Waals surface area contributed by atoms with E-state index in [0.29, 0.717) is 18.7 Å². The van der Waals surface area contributed by atoms with E-state index < -0.39 is 47.1 Å². The van der Waals surface area contributed by atoms with E-state index >= 15 is 0 Å². The zero-order chi connectivity index (χ0) is 39.8. The number of alkyl carbamates (subject to hydrolysis) is 1. The predicted molar refractivity (Wildman–Crippen MR) is 213 cm³/mol. The summed E-state index contributed by atoms with van der Waals surface area (Å²) in [5.74, 6) is -1.37. The van der Waals surface area contributed by atoms with E-state index in [1.165, 1.54) is 0 Å². The van der Waals surface area contributed by atoms with Crippen LogP contribution in [0.4, 0.5) is 4.79 Å². The summed E-state index contributed by atoms with van der Waals surface area (Å²) in [5, 5.41) is 11.7. The van der Waals surface area contributed by atoms with Gasteiger partial charge in [0.05, 0.1) is 17.7 Å². The molecule has 1 saturated carbocycles. The Morgan fingerprint density at radius 3 is 2.22 bits per heavy atom. The van der Waals surface area contributed by atoms with Crippen molar-refractivity contribution in [1.82, 2.24) is 15.0 Å². The van der Waals surface area contributed by atoms with Gasteiger partial charge in [-0.3, -0.25) is 9.78 Å². The van der Waals surface area contributed by atoms with Gasteiger partial charge in [0.25, 0.3) is 5.91 Å². The first-order valence-electron chi connectivity index (χ1n) is 18.6. The topological polar surface area (TPSA) is 157 Å². The Morgan fingerprint density at radius 2 is 1.63 bits per heavy atom. The van der Waals surface area contributed by atoms with E-state index in [1.54, 1.807) is 36.7 Å². The lowest BCUT2D eigenvalue weighted by Crippen LogP contribution is -2.56. The molecule has 1 aliphatic carbocycles. The number of rotatable bonds is 14. The number of benzene rings is 2. The van der Waals surface area contributed by atoms with Crippen LogP contribution in [0.1, 0.15) is 95.1 Å². The molecule has 3 aromatic rings. The molecule has 2 aromatic carbocycles. The number of hydrogen-bond acceptors (Lipinski definition) is 9. The van der Waals surface area contributed by atoms with Gasteiger partial charge in [0, 0.05) is 24.5 Å². The van der Waals surface area contributed by atoms with Crippen LogP contribution < -0.4 is 14.8 Å². The Hall–Kier alpha value is -4.25. The molecule has 1 fully saturated rings. The van der Waals surface area contributed by atoms with Crippen molar-refractivity contribution in [3.8, 4) is 22.9 Å². The number of nitrogens with one attached hydrogen (secondary N) is 2. The third kappa shape index (κ3) is 10.9. The van der Waals surface area contributed by atoms with Gasteiger partial charge in [0.2, 0.25) is 10.0 Å². The van der Waals surface area contributed by atoms with E-state index in [0.717, 1.165) is 54.4 Å². The first-order valence-corrected chi connectivity index (χ1v) is 23.2. The quantitative estimate of drug-likeness (QED) is 0.154. The molecule has 4 rings (SSSR count). The Bertz CT molecular complexity index is 1890. The maximum atomic E-state index is 13.1. The molecular weight excluding hydrogens is 721 g/mol. The van der Waals surface area contributed by atoms with Crippen molar-refractivity contribution in [3.05, 3.63) is 83.7 Å². The summed E-state index contributed by atoms with van der Waals surface area (Å²) in [4.78, 5) is 30.5. The lowest BCUT2D eigenvalue weighted by molar-refractivity contribution is -0.0917. The van der Waals surface area contributed by atoms with E-state index in [1.807, 2.05) is 41.1 Å². The number of amides is 2. The molecule has 11 nitrogen and oxygen atoms in total. The minimum Gasteiger partial charge on any atom is -0.490 e. The highest BCUT2D eigenvalue weighted by Crippen LogP contribution is 2.49. The normalized spacial score (nSPS) is 15.4. The molecule has 2 N–H and O–H groups in total. The molecule has 1 aromatic heterocycles. The summed E-state index contributed by atoms with van der Waals surface area (Å²) in [6.45, 7) is 17.6. The number of sulfonamides is 1. The highest BCUT2D eigenvalue weighted by atomic mass is 32.2. The fourth-order valence-corrected chi connectivity index (χ4v) is 8.52. The number of carbonyl (C=O) groups is 2. The summed E-state index contributed by atoms with van der Waals surface area (Å²) in [7, 11) is -6.44. The van der Waals surface area contributed by atoms with Crippen LogP contribution in [0.15, 0.2) is 67.0 Å². The van der Waals surface area contributed by atoms with Crippen LogP contribution in [0.3, 0.4) is 0 Å². The molecule has 1 heterocycles. The van der Waals surface area contributed by atoms with E-state index in [9.17, 15) is 18.0 Å². The van der Waals surface area contributed by atoms with E-state index in [2.05, 4.69) is 64.9 Å². The maximum absolute atomic E-state index is 13.1. The minimum absolute atomic E-state index is 0.0256. The zero-order valence-corrected chi connectivity index (χ0v) is 34.8. The van der Waals surface area contributed by atoms with Gasteiger partial charge in [-0.05, 0) is 90.5 Å². The van der Waals surface area contributed by atoms with Crippen molar-refractivity contribution < 1.29 is 31.9 Å². The molecule has 1 atom stereocenters. The van der Waals surface area contributed by atoms with Gasteiger partial charge in [-0.1, -0.05) is 84.4 Å². The van der Waals surface area contributed by atoms with Gasteiger partial charge in [-0.25, -0.2) is 17.9 Å². The molecular formula is C41H56N4O7SSi.